The second kappa shape index (κ2) is 7.74. The van der Waals surface area contributed by atoms with Gasteiger partial charge in [0, 0.05) is 31.1 Å². The second-order valence-corrected chi connectivity index (χ2v) is 6.81. The number of nitrogens with zero attached hydrogens (tertiary/aromatic N) is 1. The first-order valence-electron chi connectivity index (χ1n) is 7.92. The molecular weight excluding hydrogens is 276 g/mol. The number of rotatable bonds is 7. The predicted molar refractivity (Wildman–Crippen MR) is 91.1 cm³/mol. The molecule has 1 aromatic heterocycles. The lowest BCUT2D eigenvalue weighted by Gasteiger charge is -2.16. The zero-order chi connectivity index (χ0) is 14.3. The van der Waals surface area contributed by atoms with Gasteiger partial charge in [-0.15, -0.1) is 11.3 Å². The zero-order valence-electron chi connectivity index (χ0n) is 12.5. The highest BCUT2D eigenvalue weighted by Crippen LogP contribution is 2.26. The molecule has 1 saturated heterocycles. The van der Waals surface area contributed by atoms with Crippen molar-refractivity contribution >= 4 is 11.3 Å². The quantitative estimate of drug-likeness (QED) is 0.789. The molecule has 2 nitrogen and oxygen atoms in total. The maximum atomic E-state index is 3.57. The first kappa shape index (κ1) is 14.8. The van der Waals surface area contributed by atoms with E-state index in [0.717, 1.165) is 25.4 Å². The fraction of sp³-hybridized carbons (Fsp3) is 0.444. The van der Waals surface area contributed by atoms with Gasteiger partial charge in [0.2, 0.25) is 0 Å². The minimum atomic E-state index is 0.734. The molecular formula is C18H24N2S. The van der Waals surface area contributed by atoms with Gasteiger partial charge in [-0.05, 0) is 42.3 Å². The Kier molecular flexibility index (Phi) is 5.44. The number of hydrogen-bond acceptors (Lipinski definition) is 3. The van der Waals surface area contributed by atoms with Gasteiger partial charge in [0.25, 0.3) is 0 Å². The summed E-state index contributed by atoms with van der Waals surface area (Å²) in [6.45, 7) is 5.83. The van der Waals surface area contributed by atoms with Crippen LogP contribution < -0.4 is 5.32 Å². The Morgan fingerprint density at radius 1 is 1.10 bits per heavy atom. The van der Waals surface area contributed by atoms with Gasteiger partial charge in [-0.25, -0.2) is 0 Å². The lowest BCUT2D eigenvalue weighted by Crippen LogP contribution is -2.31. The summed E-state index contributed by atoms with van der Waals surface area (Å²) in [5.74, 6) is 0.734. The van der Waals surface area contributed by atoms with E-state index in [1.807, 2.05) is 11.3 Å². The van der Waals surface area contributed by atoms with E-state index in [4.69, 9.17) is 0 Å². The zero-order valence-corrected chi connectivity index (χ0v) is 13.3. The molecule has 0 spiro atoms. The van der Waals surface area contributed by atoms with Crippen LogP contribution in [0.2, 0.25) is 0 Å². The fourth-order valence-electron chi connectivity index (χ4n) is 3.06. The highest BCUT2D eigenvalue weighted by atomic mass is 32.1. The Hall–Kier alpha value is -1.16. The first-order valence-corrected chi connectivity index (χ1v) is 8.80. The van der Waals surface area contributed by atoms with E-state index in [9.17, 15) is 0 Å². The summed E-state index contributed by atoms with van der Waals surface area (Å²) < 4.78 is 0. The lowest BCUT2D eigenvalue weighted by atomic mass is 9.99. The van der Waals surface area contributed by atoms with Crippen LogP contribution in [0.3, 0.4) is 0 Å². The Labute approximate surface area is 131 Å². The Balaban J connectivity index is 1.32. The number of likely N-dealkylation sites (tertiary alicyclic amines) is 1. The molecule has 3 rings (SSSR count). The van der Waals surface area contributed by atoms with E-state index in [-0.39, 0.29) is 0 Å². The molecule has 0 saturated carbocycles. The maximum absolute atomic E-state index is 3.57. The third-order valence-corrected chi connectivity index (χ3v) is 5.21. The molecule has 1 N–H and O–H groups in total. The molecule has 2 aromatic rings. The van der Waals surface area contributed by atoms with Crippen LogP contribution in [-0.2, 0) is 6.42 Å². The van der Waals surface area contributed by atoms with E-state index in [2.05, 4.69) is 58.1 Å². The van der Waals surface area contributed by atoms with Gasteiger partial charge in [-0.1, -0.05) is 36.4 Å². The first-order chi connectivity index (χ1) is 10.4. The minimum Gasteiger partial charge on any atom is -0.315 e. The predicted octanol–water partition coefficient (Wildman–Crippen LogP) is 3.37. The van der Waals surface area contributed by atoms with Crippen LogP contribution in [0.15, 0.2) is 47.8 Å². The van der Waals surface area contributed by atoms with Crippen molar-refractivity contribution in [1.29, 1.82) is 0 Å². The number of hydrogen-bond donors (Lipinski definition) is 1. The molecule has 1 aliphatic rings. The lowest BCUT2D eigenvalue weighted by molar-refractivity contribution is 0.332. The molecule has 0 aliphatic carbocycles. The Morgan fingerprint density at radius 2 is 2.00 bits per heavy atom. The molecule has 1 atom stereocenters. The van der Waals surface area contributed by atoms with E-state index >= 15 is 0 Å². The van der Waals surface area contributed by atoms with Crippen molar-refractivity contribution in [2.24, 2.45) is 0 Å². The molecule has 21 heavy (non-hydrogen) atoms. The van der Waals surface area contributed by atoms with E-state index < -0.39 is 0 Å². The molecule has 1 unspecified atom stereocenters. The van der Waals surface area contributed by atoms with Crippen LogP contribution in [0, 0.1) is 0 Å². The van der Waals surface area contributed by atoms with Gasteiger partial charge in [-0.3, -0.25) is 0 Å². The third-order valence-electron chi connectivity index (χ3n) is 4.28. The van der Waals surface area contributed by atoms with E-state index in [0.29, 0.717) is 0 Å². The van der Waals surface area contributed by atoms with Crippen molar-refractivity contribution in [2.45, 2.75) is 18.8 Å². The van der Waals surface area contributed by atoms with Crippen LogP contribution in [-0.4, -0.2) is 37.6 Å². The SMILES string of the molecule is c1ccc(C2CCN(CCNCCc3cccs3)C2)cc1. The van der Waals surface area contributed by atoms with Crippen molar-refractivity contribution in [3.8, 4) is 0 Å². The molecule has 2 heterocycles. The molecule has 0 amide bonds. The Morgan fingerprint density at radius 3 is 2.81 bits per heavy atom. The summed E-state index contributed by atoms with van der Waals surface area (Å²) in [4.78, 5) is 4.07. The fourth-order valence-corrected chi connectivity index (χ4v) is 3.77. The van der Waals surface area contributed by atoms with Crippen molar-refractivity contribution in [1.82, 2.24) is 10.2 Å². The van der Waals surface area contributed by atoms with E-state index in [1.54, 1.807) is 0 Å². The highest BCUT2D eigenvalue weighted by molar-refractivity contribution is 7.09. The number of nitrogens with one attached hydrogen (secondary N) is 1. The van der Waals surface area contributed by atoms with Crippen LogP contribution >= 0.6 is 11.3 Å². The summed E-state index contributed by atoms with van der Waals surface area (Å²) >= 11 is 1.85. The molecule has 1 aliphatic heterocycles. The topological polar surface area (TPSA) is 15.3 Å². The summed E-state index contributed by atoms with van der Waals surface area (Å²) in [7, 11) is 0. The monoisotopic (exact) mass is 300 g/mol. The normalized spacial score (nSPS) is 19.1. The van der Waals surface area contributed by atoms with Gasteiger partial charge in [-0.2, -0.15) is 0 Å². The summed E-state index contributed by atoms with van der Waals surface area (Å²) in [5, 5.41) is 5.73. The standard InChI is InChI=1S/C18H24N2S/c1-2-5-16(6-3-1)17-9-12-20(15-17)13-11-19-10-8-18-7-4-14-21-18/h1-7,14,17,19H,8-13,15H2. The average molecular weight is 300 g/mol. The van der Waals surface area contributed by atoms with Crippen molar-refractivity contribution < 1.29 is 0 Å². The van der Waals surface area contributed by atoms with Crippen molar-refractivity contribution in [2.75, 3.05) is 32.7 Å². The van der Waals surface area contributed by atoms with Gasteiger partial charge < -0.3 is 10.2 Å². The average Bonchev–Trinajstić information content (AvgIpc) is 3.19. The smallest absolute Gasteiger partial charge is 0.0107 e. The van der Waals surface area contributed by atoms with Gasteiger partial charge in [0.15, 0.2) is 0 Å². The maximum Gasteiger partial charge on any atom is 0.0107 e. The van der Waals surface area contributed by atoms with Crippen LogP contribution in [0.25, 0.3) is 0 Å². The molecule has 3 heteroatoms. The molecule has 1 fully saturated rings. The van der Waals surface area contributed by atoms with Crippen molar-refractivity contribution in [3.05, 3.63) is 58.3 Å². The van der Waals surface area contributed by atoms with Gasteiger partial charge in [0.05, 0.1) is 0 Å². The van der Waals surface area contributed by atoms with Crippen molar-refractivity contribution in [3.63, 3.8) is 0 Å². The summed E-state index contributed by atoms with van der Waals surface area (Å²) in [5.41, 5.74) is 1.51. The minimum absolute atomic E-state index is 0.734. The highest BCUT2D eigenvalue weighted by Gasteiger charge is 2.22. The summed E-state index contributed by atoms with van der Waals surface area (Å²) in [6, 6.07) is 15.3. The number of benzene rings is 1. The van der Waals surface area contributed by atoms with Crippen LogP contribution in [0.5, 0.6) is 0 Å². The molecule has 0 radical (unpaired) electrons. The van der Waals surface area contributed by atoms with Gasteiger partial charge >= 0.3 is 0 Å². The second-order valence-electron chi connectivity index (χ2n) is 5.78. The summed E-state index contributed by atoms with van der Waals surface area (Å²) in [6.07, 6.45) is 2.46. The molecule has 112 valence electrons. The van der Waals surface area contributed by atoms with E-state index in [1.165, 1.54) is 36.5 Å². The molecule has 1 aromatic carbocycles. The molecule has 0 bridgehead atoms. The Bertz CT molecular complexity index is 509. The van der Waals surface area contributed by atoms with Crippen LogP contribution in [0.4, 0.5) is 0 Å². The van der Waals surface area contributed by atoms with Crippen LogP contribution in [0.1, 0.15) is 22.8 Å². The van der Waals surface area contributed by atoms with Gasteiger partial charge in [0.1, 0.15) is 0 Å². The largest absolute Gasteiger partial charge is 0.315 e. The number of thiophene rings is 1. The third kappa shape index (κ3) is 4.40.